The molecule has 204 valence electrons. The summed E-state index contributed by atoms with van der Waals surface area (Å²) in [4.78, 5) is 0. The summed E-state index contributed by atoms with van der Waals surface area (Å²) >= 11 is 5.27. The van der Waals surface area contributed by atoms with E-state index in [2.05, 4.69) is 27.7 Å². The Hall–Kier alpha value is -0.0300. The number of alkyl halides is 1. The Morgan fingerprint density at radius 3 is 1.41 bits per heavy atom. The van der Waals surface area contributed by atoms with E-state index in [1.807, 2.05) is 27.7 Å². The zero-order valence-electron chi connectivity index (χ0n) is 21.8. The molecule has 2 atom stereocenters. The Morgan fingerprint density at radius 1 is 0.765 bits per heavy atom. The molecule has 2 unspecified atom stereocenters. The molecule has 4 fully saturated rings. The average molecular weight is 511 g/mol. The van der Waals surface area contributed by atoms with Crippen LogP contribution in [0.1, 0.15) is 88.5 Å². The molecule has 0 aromatic rings. The van der Waals surface area contributed by atoms with Crippen molar-refractivity contribution in [1.82, 2.24) is 10.1 Å². The first-order chi connectivity index (χ1) is 15.0. The number of piperidine rings is 2. The second-order valence-electron chi connectivity index (χ2n) is 12.4. The zero-order valence-corrected chi connectivity index (χ0v) is 22.6. The van der Waals surface area contributed by atoms with Crippen LogP contribution in [0.15, 0.2) is 0 Å². The highest BCUT2D eigenvalue weighted by Crippen LogP contribution is 2.38. The van der Waals surface area contributed by atoms with Crippen molar-refractivity contribution in [3.8, 4) is 0 Å². The van der Waals surface area contributed by atoms with E-state index in [1.165, 1.54) is 10.1 Å². The van der Waals surface area contributed by atoms with Crippen molar-refractivity contribution in [2.45, 2.75) is 135 Å². The highest BCUT2D eigenvalue weighted by molar-refractivity contribution is 6.18. The molecule has 0 aromatic heterocycles. The van der Waals surface area contributed by atoms with Crippen molar-refractivity contribution in [3.63, 3.8) is 0 Å². The highest BCUT2D eigenvalue weighted by Gasteiger charge is 2.46. The molecule has 0 saturated carbocycles. The normalized spacial score (nSPS) is 31.8. The van der Waals surface area contributed by atoms with Crippen LogP contribution < -0.4 is 0 Å². The smallest absolute Gasteiger partial charge is 0.104 e. The van der Waals surface area contributed by atoms with E-state index in [9.17, 15) is 15.5 Å². The number of rotatable bonds is 4. The average Bonchev–Trinajstić information content (AvgIpc) is 3.56. The van der Waals surface area contributed by atoms with Crippen molar-refractivity contribution >= 4 is 11.6 Å². The van der Waals surface area contributed by atoms with Crippen LogP contribution in [-0.4, -0.2) is 97.9 Å². The van der Waals surface area contributed by atoms with E-state index in [0.717, 1.165) is 26.1 Å². The lowest BCUT2D eigenvalue weighted by Gasteiger charge is -2.51. The van der Waals surface area contributed by atoms with Crippen LogP contribution in [0.3, 0.4) is 0 Å². The summed E-state index contributed by atoms with van der Waals surface area (Å²) in [6.45, 7) is 18.4. The van der Waals surface area contributed by atoms with Crippen LogP contribution in [0, 0.1) is 0 Å². The van der Waals surface area contributed by atoms with Gasteiger partial charge in [-0.05, 0) is 81.1 Å². The summed E-state index contributed by atoms with van der Waals surface area (Å²) in [6.07, 6.45) is 3.63. The molecule has 0 bridgehead atoms. The van der Waals surface area contributed by atoms with Crippen LogP contribution >= 0.6 is 11.6 Å². The van der Waals surface area contributed by atoms with Gasteiger partial charge in [0.15, 0.2) is 0 Å². The predicted molar refractivity (Wildman–Crippen MR) is 135 cm³/mol. The van der Waals surface area contributed by atoms with Crippen molar-refractivity contribution in [2.24, 2.45) is 0 Å². The van der Waals surface area contributed by atoms with Gasteiger partial charge in [0.1, 0.15) is 6.10 Å². The van der Waals surface area contributed by atoms with Crippen LogP contribution in [0.4, 0.5) is 0 Å². The molecular formula is C25H51ClN2O6. The van der Waals surface area contributed by atoms with E-state index in [4.69, 9.17) is 25.8 Å². The van der Waals surface area contributed by atoms with Crippen molar-refractivity contribution in [1.29, 1.82) is 0 Å². The monoisotopic (exact) mass is 510 g/mol. The molecule has 9 heteroatoms. The fraction of sp³-hybridized carbons (Fsp3) is 1.00. The summed E-state index contributed by atoms with van der Waals surface area (Å²) in [7, 11) is 0. The fourth-order valence-electron chi connectivity index (χ4n) is 5.08. The minimum Gasteiger partial charge on any atom is -0.393 e. The molecule has 4 aliphatic rings. The number of aliphatic hydroxyl groups excluding tert-OH is 1. The number of epoxide rings is 2. The van der Waals surface area contributed by atoms with Gasteiger partial charge in [-0.2, -0.15) is 10.1 Å². The van der Waals surface area contributed by atoms with Crippen molar-refractivity contribution in [3.05, 3.63) is 0 Å². The maximum absolute atomic E-state index is 10.1. The van der Waals surface area contributed by atoms with Gasteiger partial charge >= 0.3 is 0 Å². The molecule has 0 aromatic carbocycles. The molecule has 8 nitrogen and oxygen atoms in total. The Bertz CT molecular complexity index is 587. The van der Waals surface area contributed by atoms with Crippen molar-refractivity contribution < 1.29 is 29.7 Å². The number of halogens is 1. The Labute approximate surface area is 212 Å². The maximum Gasteiger partial charge on any atom is 0.104 e. The lowest BCUT2D eigenvalue weighted by atomic mass is 9.80. The third-order valence-corrected chi connectivity index (χ3v) is 7.06. The largest absolute Gasteiger partial charge is 0.393 e. The van der Waals surface area contributed by atoms with Gasteiger partial charge in [0.2, 0.25) is 0 Å². The lowest BCUT2D eigenvalue weighted by Crippen LogP contribution is -2.60. The minimum atomic E-state index is -0.318. The highest BCUT2D eigenvalue weighted by atomic mass is 35.5. The summed E-state index contributed by atoms with van der Waals surface area (Å²) in [5.41, 5.74) is -1.09. The molecule has 0 spiro atoms. The Balaban J connectivity index is 0.000000283. The van der Waals surface area contributed by atoms with Gasteiger partial charge < -0.3 is 29.7 Å². The molecule has 0 aliphatic carbocycles. The number of ether oxygens (including phenoxy) is 3. The molecule has 4 saturated heterocycles. The molecule has 0 radical (unpaired) electrons. The topological polar surface area (TPSA) is 101 Å². The minimum absolute atomic E-state index is 0. The van der Waals surface area contributed by atoms with E-state index in [1.54, 1.807) is 0 Å². The maximum atomic E-state index is 10.1. The molecule has 4 heterocycles. The number of nitrogens with zero attached hydrogens (tertiary/aromatic N) is 2. The van der Waals surface area contributed by atoms with E-state index >= 15 is 0 Å². The third-order valence-electron chi connectivity index (χ3n) is 6.71. The Kier molecular flexibility index (Phi) is 11.3. The van der Waals surface area contributed by atoms with Crippen LogP contribution in [-0.2, 0) is 14.2 Å². The molecule has 4 rings (SSSR count). The van der Waals surface area contributed by atoms with E-state index < -0.39 is 0 Å². The molecule has 34 heavy (non-hydrogen) atoms. The first-order valence-electron chi connectivity index (χ1n) is 12.1. The summed E-state index contributed by atoms with van der Waals surface area (Å²) in [6, 6.07) is 0. The second kappa shape index (κ2) is 12.0. The number of hydroxylamine groups is 4. The lowest BCUT2D eigenvalue weighted by molar-refractivity contribution is -0.261. The summed E-state index contributed by atoms with van der Waals surface area (Å²) in [5, 5.41) is 32.3. The number of hydrogen-bond donors (Lipinski definition) is 3. The molecule has 3 N–H and O–H groups in total. The molecule has 0 amide bonds. The molecule has 4 aliphatic heterocycles. The first-order valence-corrected chi connectivity index (χ1v) is 12.6. The fourth-order valence-corrected chi connectivity index (χ4v) is 5.26. The van der Waals surface area contributed by atoms with Gasteiger partial charge in [-0.25, -0.2) is 0 Å². The first kappa shape index (κ1) is 32.0. The van der Waals surface area contributed by atoms with E-state index in [0.29, 0.717) is 37.5 Å². The van der Waals surface area contributed by atoms with Gasteiger partial charge in [-0.1, -0.05) is 7.43 Å². The summed E-state index contributed by atoms with van der Waals surface area (Å²) in [5.74, 6) is 0.667. The van der Waals surface area contributed by atoms with E-state index in [-0.39, 0.29) is 41.8 Å². The SMILES string of the molecule is C.CC1(C)CC(O)CC(C)(C)N1O.CC1(C)CC(OCC2CO2)CC(C)(C)N1O.ClCC1CO1. The van der Waals surface area contributed by atoms with Gasteiger partial charge in [-0.15, -0.1) is 11.6 Å². The van der Waals surface area contributed by atoms with Gasteiger partial charge in [0.25, 0.3) is 0 Å². The van der Waals surface area contributed by atoms with Crippen LogP contribution in [0.5, 0.6) is 0 Å². The van der Waals surface area contributed by atoms with Gasteiger partial charge in [0.05, 0.1) is 44.0 Å². The van der Waals surface area contributed by atoms with Crippen molar-refractivity contribution in [2.75, 3.05) is 25.7 Å². The Morgan fingerprint density at radius 2 is 1.12 bits per heavy atom. The molecular weight excluding hydrogens is 460 g/mol. The standard InChI is InChI=1S/C12H23NO3.C9H19NO2.C3H5ClO.CH4/c1-11(2)5-9(15-7-10-8-16-10)6-12(3,4)13(11)14;1-8(2)5-7(11)6-9(3,4)10(8)12;4-1-3-2-5-3;/h9-10,14H,5-8H2,1-4H3;7,11-12H,5-6H2,1-4H3;3H,1-2H2;1H4. The summed E-state index contributed by atoms with van der Waals surface area (Å²) < 4.78 is 15.7. The predicted octanol–water partition coefficient (Wildman–Crippen LogP) is 4.46. The zero-order chi connectivity index (χ0) is 25.2. The number of aliphatic hydroxyl groups is 1. The second-order valence-corrected chi connectivity index (χ2v) is 12.7. The van der Waals surface area contributed by atoms with Gasteiger partial charge in [0, 0.05) is 22.2 Å². The van der Waals surface area contributed by atoms with Crippen LogP contribution in [0.2, 0.25) is 0 Å². The van der Waals surface area contributed by atoms with Gasteiger partial charge in [-0.3, -0.25) is 0 Å². The van der Waals surface area contributed by atoms with Crippen LogP contribution in [0.25, 0.3) is 0 Å². The number of hydrogen-bond acceptors (Lipinski definition) is 8. The third kappa shape index (κ3) is 9.45. The quantitative estimate of drug-likeness (QED) is 0.376.